The van der Waals surface area contributed by atoms with E-state index in [4.69, 9.17) is 10.5 Å². The van der Waals surface area contributed by atoms with Crippen molar-refractivity contribution in [2.45, 2.75) is 64.8 Å². The summed E-state index contributed by atoms with van der Waals surface area (Å²) in [5, 5.41) is 0. The van der Waals surface area contributed by atoms with Crippen molar-refractivity contribution >= 4 is 0 Å². The Balaban J connectivity index is 2.20. The lowest BCUT2D eigenvalue weighted by Crippen LogP contribution is -2.17. The Morgan fingerprint density at radius 2 is 1.55 bits per heavy atom. The molecule has 0 saturated heterocycles. The fourth-order valence-corrected chi connectivity index (χ4v) is 2.24. The monoisotopic (exact) mass is 277 g/mol. The quantitative estimate of drug-likeness (QED) is 0.624. The normalized spacial score (nSPS) is 12.8. The molecule has 1 rings (SSSR count). The molecule has 0 saturated carbocycles. The lowest BCUT2D eigenvalue weighted by Gasteiger charge is -2.14. The summed E-state index contributed by atoms with van der Waals surface area (Å²) in [7, 11) is 0. The Kier molecular flexibility index (Phi) is 8.56. The average Bonchev–Trinajstić information content (AvgIpc) is 2.46. The maximum Gasteiger partial charge on any atom is 0.0659 e. The first-order valence-corrected chi connectivity index (χ1v) is 8.08. The van der Waals surface area contributed by atoms with Crippen molar-refractivity contribution in [3.63, 3.8) is 0 Å². The number of rotatable bonds is 10. The molecule has 0 aromatic heterocycles. The fraction of sp³-hybridized carbons (Fsp3) is 0.667. The standard InChI is InChI=1S/C18H31NO/c1-4-5-6-7-8-13-20-14-18(19)17-11-9-16(10-12-17)15(2)3/h9-12,15,18H,4-8,13-14,19H2,1-3H3. The molecule has 2 nitrogen and oxygen atoms in total. The number of ether oxygens (including phenoxy) is 1. The summed E-state index contributed by atoms with van der Waals surface area (Å²) >= 11 is 0. The molecule has 0 fully saturated rings. The predicted molar refractivity (Wildman–Crippen MR) is 87.0 cm³/mol. The van der Waals surface area contributed by atoms with Crippen molar-refractivity contribution in [2.24, 2.45) is 5.73 Å². The van der Waals surface area contributed by atoms with Crippen LogP contribution in [0.1, 0.15) is 76.0 Å². The highest BCUT2D eigenvalue weighted by Gasteiger charge is 2.07. The molecule has 1 aromatic carbocycles. The van der Waals surface area contributed by atoms with Crippen LogP contribution in [0.3, 0.4) is 0 Å². The summed E-state index contributed by atoms with van der Waals surface area (Å²) in [5.41, 5.74) is 8.68. The molecular weight excluding hydrogens is 246 g/mol. The summed E-state index contributed by atoms with van der Waals surface area (Å²) in [6, 6.07) is 8.59. The first-order valence-electron chi connectivity index (χ1n) is 8.08. The largest absolute Gasteiger partial charge is 0.379 e. The van der Waals surface area contributed by atoms with Gasteiger partial charge in [0.15, 0.2) is 0 Å². The first-order chi connectivity index (χ1) is 9.65. The first kappa shape index (κ1) is 17.2. The van der Waals surface area contributed by atoms with Crippen LogP contribution in [0.4, 0.5) is 0 Å². The molecule has 0 bridgehead atoms. The van der Waals surface area contributed by atoms with E-state index in [0.717, 1.165) is 13.0 Å². The van der Waals surface area contributed by atoms with Crippen LogP contribution in [0.2, 0.25) is 0 Å². The third-order valence-electron chi connectivity index (χ3n) is 3.72. The zero-order valence-electron chi connectivity index (χ0n) is 13.4. The molecule has 2 N–H and O–H groups in total. The van der Waals surface area contributed by atoms with Crippen molar-refractivity contribution in [1.82, 2.24) is 0 Å². The molecule has 20 heavy (non-hydrogen) atoms. The van der Waals surface area contributed by atoms with Gasteiger partial charge in [0.2, 0.25) is 0 Å². The van der Waals surface area contributed by atoms with Gasteiger partial charge < -0.3 is 10.5 Å². The maximum absolute atomic E-state index is 6.16. The molecule has 1 atom stereocenters. The highest BCUT2D eigenvalue weighted by Crippen LogP contribution is 2.18. The molecule has 0 spiro atoms. The Morgan fingerprint density at radius 3 is 2.15 bits per heavy atom. The minimum absolute atomic E-state index is 0.00754. The fourth-order valence-electron chi connectivity index (χ4n) is 2.24. The molecule has 114 valence electrons. The Morgan fingerprint density at radius 1 is 0.950 bits per heavy atom. The zero-order valence-corrected chi connectivity index (χ0v) is 13.4. The third-order valence-corrected chi connectivity index (χ3v) is 3.72. The molecule has 0 aliphatic heterocycles. The van der Waals surface area contributed by atoms with Crippen molar-refractivity contribution in [3.8, 4) is 0 Å². The van der Waals surface area contributed by atoms with Crippen molar-refractivity contribution in [3.05, 3.63) is 35.4 Å². The van der Waals surface area contributed by atoms with E-state index in [1.54, 1.807) is 0 Å². The summed E-state index contributed by atoms with van der Waals surface area (Å²) in [4.78, 5) is 0. The maximum atomic E-state index is 6.16. The Bertz CT molecular complexity index is 345. The second-order valence-corrected chi connectivity index (χ2v) is 5.92. The van der Waals surface area contributed by atoms with E-state index in [1.165, 1.54) is 36.8 Å². The van der Waals surface area contributed by atoms with Gasteiger partial charge in [0.05, 0.1) is 12.6 Å². The molecule has 0 amide bonds. The van der Waals surface area contributed by atoms with Crippen molar-refractivity contribution in [1.29, 1.82) is 0 Å². The number of hydrogen-bond acceptors (Lipinski definition) is 2. The summed E-state index contributed by atoms with van der Waals surface area (Å²) in [6.07, 6.45) is 6.37. The van der Waals surface area contributed by atoms with Crippen LogP contribution in [0.25, 0.3) is 0 Å². The molecule has 2 heteroatoms. The van der Waals surface area contributed by atoms with Crippen molar-refractivity contribution in [2.75, 3.05) is 13.2 Å². The molecular formula is C18H31NO. The molecule has 0 heterocycles. The minimum atomic E-state index is -0.00754. The second-order valence-electron chi connectivity index (χ2n) is 5.92. The van der Waals surface area contributed by atoms with E-state index < -0.39 is 0 Å². The van der Waals surface area contributed by atoms with E-state index in [0.29, 0.717) is 12.5 Å². The number of nitrogens with two attached hydrogens (primary N) is 1. The van der Waals surface area contributed by atoms with Gasteiger partial charge in [-0.2, -0.15) is 0 Å². The van der Waals surface area contributed by atoms with Crippen LogP contribution in [-0.4, -0.2) is 13.2 Å². The van der Waals surface area contributed by atoms with Crippen LogP contribution < -0.4 is 5.73 Å². The number of benzene rings is 1. The lowest BCUT2D eigenvalue weighted by atomic mass is 10.00. The van der Waals surface area contributed by atoms with Crippen LogP contribution >= 0.6 is 0 Å². The Hall–Kier alpha value is -0.860. The molecule has 1 aromatic rings. The van der Waals surface area contributed by atoms with Gasteiger partial charge in [-0.1, -0.05) is 70.7 Å². The van der Waals surface area contributed by atoms with E-state index in [-0.39, 0.29) is 6.04 Å². The van der Waals surface area contributed by atoms with Gasteiger partial charge in [0.1, 0.15) is 0 Å². The SMILES string of the molecule is CCCCCCCOCC(N)c1ccc(C(C)C)cc1. The van der Waals surface area contributed by atoms with Gasteiger partial charge in [0, 0.05) is 6.61 Å². The number of hydrogen-bond donors (Lipinski definition) is 1. The summed E-state index contributed by atoms with van der Waals surface area (Å²) in [6.45, 7) is 8.10. The van der Waals surface area contributed by atoms with Gasteiger partial charge >= 0.3 is 0 Å². The minimum Gasteiger partial charge on any atom is -0.379 e. The van der Waals surface area contributed by atoms with Crippen LogP contribution in [0.15, 0.2) is 24.3 Å². The van der Waals surface area contributed by atoms with Gasteiger partial charge in [-0.25, -0.2) is 0 Å². The zero-order chi connectivity index (χ0) is 14.8. The third kappa shape index (κ3) is 6.53. The van der Waals surface area contributed by atoms with Crippen LogP contribution in [0, 0.1) is 0 Å². The number of unbranched alkanes of at least 4 members (excludes halogenated alkanes) is 4. The van der Waals surface area contributed by atoms with E-state index in [1.807, 2.05) is 0 Å². The van der Waals surface area contributed by atoms with Crippen molar-refractivity contribution < 1.29 is 4.74 Å². The topological polar surface area (TPSA) is 35.2 Å². The smallest absolute Gasteiger partial charge is 0.0659 e. The van der Waals surface area contributed by atoms with Gasteiger partial charge in [-0.05, 0) is 23.5 Å². The summed E-state index contributed by atoms with van der Waals surface area (Å²) < 4.78 is 5.68. The van der Waals surface area contributed by atoms with Crippen LogP contribution in [0.5, 0.6) is 0 Å². The van der Waals surface area contributed by atoms with E-state index in [9.17, 15) is 0 Å². The average molecular weight is 277 g/mol. The summed E-state index contributed by atoms with van der Waals surface area (Å²) in [5.74, 6) is 0.569. The van der Waals surface area contributed by atoms with Crippen LogP contribution in [-0.2, 0) is 4.74 Å². The van der Waals surface area contributed by atoms with E-state index >= 15 is 0 Å². The van der Waals surface area contributed by atoms with Gasteiger partial charge in [-0.15, -0.1) is 0 Å². The highest BCUT2D eigenvalue weighted by molar-refractivity contribution is 5.26. The molecule has 0 radical (unpaired) electrons. The molecule has 0 aliphatic rings. The predicted octanol–water partition coefficient (Wildman–Crippen LogP) is 4.80. The second kappa shape index (κ2) is 9.95. The van der Waals surface area contributed by atoms with Gasteiger partial charge in [0.25, 0.3) is 0 Å². The Labute approximate surface area is 124 Å². The molecule has 1 unspecified atom stereocenters. The molecule has 0 aliphatic carbocycles. The highest BCUT2D eigenvalue weighted by atomic mass is 16.5. The van der Waals surface area contributed by atoms with Gasteiger partial charge in [-0.3, -0.25) is 0 Å². The lowest BCUT2D eigenvalue weighted by molar-refractivity contribution is 0.117. The van der Waals surface area contributed by atoms with E-state index in [2.05, 4.69) is 45.0 Å².